The number of hydrogen-bond donors (Lipinski definition) is 1. The zero-order valence-corrected chi connectivity index (χ0v) is 13.8. The van der Waals surface area contributed by atoms with Crippen molar-refractivity contribution in [3.05, 3.63) is 68.6 Å². The summed E-state index contributed by atoms with van der Waals surface area (Å²) >= 11 is 3.30. The molecule has 0 aliphatic heterocycles. The lowest BCUT2D eigenvalue weighted by Gasteiger charge is -2.07. The number of nitrogens with zero attached hydrogens (tertiary/aromatic N) is 1. The molecule has 0 fully saturated rings. The van der Waals surface area contributed by atoms with Gasteiger partial charge in [-0.2, -0.15) is 0 Å². The molecule has 2 aromatic rings. The molecular formula is C16H15BrF2N2O2. The average Bonchev–Trinajstić information content (AvgIpc) is 2.52. The minimum Gasteiger partial charge on any atom is -0.352 e. The molecule has 23 heavy (non-hydrogen) atoms. The van der Waals surface area contributed by atoms with Crippen LogP contribution in [0.25, 0.3) is 0 Å². The number of aromatic nitrogens is 1. The van der Waals surface area contributed by atoms with Crippen LogP contribution in [0.2, 0.25) is 0 Å². The number of unbranched alkanes of at least 4 members (excludes halogenated alkanes) is 1. The van der Waals surface area contributed by atoms with Crippen molar-refractivity contribution in [1.82, 2.24) is 9.88 Å². The number of hydrogen-bond acceptors (Lipinski definition) is 2. The van der Waals surface area contributed by atoms with Crippen molar-refractivity contribution in [3.63, 3.8) is 0 Å². The van der Waals surface area contributed by atoms with Crippen molar-refractivity contribution >= 4 is 21.8 Å². The SMILES string of the molecule is O=C(NCCCCn1cc(Br)ccc1=O)c1ccc(F)c(F)c1. The van der Waals surface area contributed by atoms with Gasteiger partial charge in [0.25, 0.3) is 11.5 Å². The Kier molecular flexibility index (Phi) is 6.04. The molecule has 4 nitrogen and oxygen atoms in total. The van der Waals surface area contributed by atoms with Gasteiger partial charge in [-0.3, -0.25) is 9.59 Å². The van der Waals surface area contributed by atoms with E-state index < -0.39 is 17.5 Å². The second-order valence-electron chi connectivity index (χ2n) is 4.97. The maximum Gasteiger partial charge on any atom is 0.251 e. The molecule has 0 unspecified atom stereocenters. The number of pyridine rings is 1. The van der Waals surface area contributed by atoms with Gasteiger partial charge in [0.05, 0.1) is 0 Å². The first-order valence-corrected chi connectivity index (χ1v) is 7.86. The molecule has 1 aromatic heterocycles. The second-order valence-corrected chi connectivity index (χ2v) is 5.89. The Bertz CT molecular complexity index is 762. The fourth-order valence-electron chi connectivity index (χ4n) is 2.03. The molecule has 7 heteroatoms. The number of benzene rings is 1. The highest BCUT2D eigenvalue weighted by Crippen LogP contribution is 2.09. The van der Waals surface area contributed by atoms with Crippen LogP contribution in [0.4, 0.5) is 8.78 Å². The minimum absolute atomic E-state index is 0.0760. The Morgan fingerprint density at radius 1 is 1.13 bits per heavy atom. The van der Waals surface area contributed by atoms with Gasteiger partial charge in [0, 0.05) is 35.4 Å². The number of carbonyl (C=O) groups excluding carboxylic acids is 1. The maximum absolute atomic E-state index is 13.0. The van der Waals surface area contributed by atoms with Crippen molar-refractivity contribution in [2.24, 2.45) is 0 Å². The van der Waals surface area contributed by atoms with Gasteiger partial charge in [0.1, 0.15) is 0 Å². The Labute approximate surface area is 140 Å². The van der Waals surface area contributed by atoms with Crippen molar-refractivity contribution in [2.75, 3.05) is 6.54 Å². The number of amides is 1. The summed E-state index contributed by atoms with van der Waals surface area (Å²) in [5, 5.41) is 2.63. The molecule has 0 radical (unpaired) electrons. The largest absolute Gasteiger partial charge is 0.352 e. The lowest BCUT2D eigenvalue weighted by molar-refractivity contribution is 0.0952. The molecule has 0 bridgehead atoms. The summed E-state index contributed by atoms with van der Waals surface area (Å²) in [5.74, 6) is -2.49. The van der Waals surface area contributed by atoms with E-state index in [9.17, 15) is 18.4 Å². The number of nitrogens with one attached hydrogen (secondary N) is 1. The number of aryl methyl sites for hydroxylation is 1. The van der Waals surface area contributed by atoms with E-state index in [4.69, 9.17) is 0 Å². The van der Waals surface area contributed by atoms with Crippen LogP contribution >= 0.6 is 15.9 Å². The highest BCUT2D eigenvalue weighted by molar-refractivity contribution is 9.10. The smallest absolute Gasteiger partial charge is 0.251 e. The van der Waals surface area contributed by atoms with Crippen LogP contribution in [0.5, 0.6) is 0 Å². The monoisotopic (exact) mass is 384 g/mol. The summed E-state index contributed by atoms with van der Waals surface area (Å²) in [6, 6.07) is 6.18. The summed E-state index contributed by atoms with van der Waals surface area (Å²) < 4.78 is 28.3. The van der Waals surface area contributed by atoms with Crippen molar-refractivity contribution in [1.29, 1.82) is 0 Å². The highest BCUT2D eigenvalue weighted by Gasteiger charge is 2.08. The average molecular weight is 385 g/mol. The van der Waals surface area contributed by atoms with Gasteiger partial charge in [-0.1, -0.05) is 0 Å². The quantitative estimate of drug-likeness (QED) is 0.778. The third-order valence-corrected chi connectivity index (χ3v) is 3.71. The lowest BCUT2D eigenvalue weighted by Crippen LogP contribution is -2.25. The van der Waals surface area contributed by atoms with Crippen LogP contribution in [-0.2, 0) is 6.54 Å². The van der Waals surface area contributed by atoms with E-state index >= 15 is 0 Å². The third-order valence-electron chi connectivity index (χ3n) is 3.24. The molecule has 122 valence electrons. The van der Waals surface area contributed by atoms with Crippen molar-refractivity contribution in [2.45, 2.75) is 19.4 Å². The van der Waals surface area contributed by atoms with E-state index in [2.05, 4.69) is 21.2 Å². The van der Waals surface area contributed by atoms with Gasteiger partial charge in [-0.15, -0.1) is 0 Å². The number of halogens is 3. The molecule has 0 saturated heterocycles. The van der Waals surface area contributed by atoms with E-state index in [1.54, 1.807) is 16.8 Å². The molecular weight excluding hydrogens is 370 g/mol. The van der Waals surface area contributed by atoms with Crippen LogP contribution in [0, 0.1) is 11.6 Å². The number of carbonyl (C=O) groups is 1. The molecule has 0 aliphatic carbocycles. The molecule has 0 aliphatic rings. The van der Waals surface area contributed by atoms with E-state index in [1.165, 1.54) is 12.1 Å². The molecule has 1 amide bonds. The molecule has 0 atom stereocenters. The summed E-state index contributed by atoms with van der Waals surface area (Å²) in [6.45, 7) is 0.930. The zero-order chi connectivity index (χ0) is 16.8. The molecule has 1 heterocycles. The topological polar surface area (TPSA) is 51.1 Å². The first-order chi connectivity index (χ1) is 11.0. The highest BCUT2D eigenvalue weighted by atomic mass is 79.9. The second kappa shape index (κ2) is 8.01. The normalized spacial score (nSPS) is 10.6. The Balaban J connectivity index is 1.77. The van der Waals surface area contributed by atoms with E-state index in [-0.39, 0.29) is 11.1 Å². The fourth-order valence-corrected chi connectivity index (χ4v) is 2.40. The van der Waals surface area contributed by atoms with Gasteiger partial charge in [-0.25, -0.2) is 8.78 Å². The van der Waals surface area contributed by atoms with E-state index in [0.717, 1.165) is 16.6 Å². The van der Waals surface area contributed by atoms with Crippen LogP contribution < -0.4 is 10.9 Å². The first-order valence-electron chi connectivity index (χ1n) is 7.06. The maximum atomic E-state index is 13.0. The van der Waals surface area contributed by atoms with Crippen LogP contribution in [0.15, 0.2) is 45.8 Å². The Hall–Kier alpha value is -2.02. The first kappa shape index (κ1) is 17.3. The summed E-state index contributed by atoms with van der Waals surface area (Å²) in [4.78, 5) is 23.4. The van der Waals surface area contributed by atoms with Gasteiger partial charge in [0.2, 0.25) is 0 Å². The predicted octanol–water partition coefficient (Wildman–Crippen LogP) is 3.10. The van der Waals surface area contributed by atoms with Crippen LogP contribution in [0.3, 0.4) is 0 Å². The van der Waals surface area contributed by atoms with Crippen LogP contribution in [0.1, 0.15) is 23.2 Å². The summed E-state index contributed by atoms with van der Waals surface area (Å²) in [5.41, 5.74) is -0.00821. The van der Waals surface area contributed by atoms with Gasteiger partial charge >= 0.3 is 0 Å². The molecule has 2 rings (SSSR count). The summed E-state index contributed by atoms with van der Waals surface area (Å²) in [6.07, 6.45) is 3.07. The zero-order valence-electron chi connectivity index (χ0n) is 12.2. The lowest BCUT2D eigenvalue weighted by atomic mass is 10.2. The van der Waals surface area contributed by atoms with Crippen LogP contribution in [-0.4, -0.2) is 17.0 Å². The molecule has 0 saturated carbocycles. The van der Waals surface area contributed by atoms with E-state index in [1.807, 2.05) is 0 Å². The summed E-state index contributed by atoms with van der Waals surface area (Å²) in [7, 11) is 0. The standard InChI is InChI=1S/C16H15BrF2N2O2/c17-12-4-6-15(22)21(10-12)8-2-1-7-20-16(23)11-3-5-13(18)14(19)9-11/h3-6,9-10H,1-2,7-8H2,(H,20,23). The van der Waals surface area contributed by atoms with Gasteiger partial charge in [-0.05, 0) is 53.0 Å². The van der Waals surface area contributed by atoms with Gasteiger partial charge < -0.3 is 9.88 Å². The Morgan fingerprint density at radius 3 is 2.65 bits per heavy atom. The fraction of sp³-hybridized carbons (Fsp3) is 0.250. The minimum atomic E-state index is -1.05. The number of rotatable bonds is 6. The molecule has 0 spiro atoms. The van der Waals surface area contributed by atoms with Crippen molar-refractivity contribution in [3.8, 4) is 0 Å². The van der Waals surface area contributed by atoms with Gasteiger partial charge in [0.15, 0.2) is 11.6 Å². The molecule has 1 N–H and O–H groups in total. The van der Waals surface area contributed by atoms with Crippen molar-refractivity contribution < 1.29 is 13.6 Å². The predicted molar refractivity (Wildman–Crippen MR) is 86.3 cm³/mol. The Morgan fingerprint density at radius 2 is 1.91 bits per heavy atom. The molecule has 1 aromatic carbocycles. The van der Waals surface area contributed by atoms with E-state index in [0.29, 0.717) is 25.9 Å². The third kappa shape index (κ3) is 4.99.